The van der Waals surface area contributed by atoms with Gasteiger partial charge in [0.1, 0.15) is 5.82 Å². The second-order valence-electron chi connectivity index (χ2n) is 13.3. The van der Waals surface area contributed by atoms with Crippen LogP contribution in [0, 0.1) is 0 Å². The first kappa shape index (κ1) is 38.2. The SMILES string of the molecule is COc1nc(-c2ccnc(-c3cccc4c3CCC[C@@H]4Nc3nc(OC)c(CNC[C@H](C)O)cc3C(F)(F)F)c2Cl)ccc1CNC[C@H]1CCC(=O)N1. The van der Waals surface area contributed by atoms with E-state index >= 15 is 0 Å². The Kier molecular flexibility index (Phi) is 12.0. The van der Waals surface area contributed by atoms with E-state index in [-0.39, 0.29) is 42.3 Å². The van der Waals surface area contributed by atoms with Crippen molar-refractivity contribution >= 4 is 23.3 Å². The second-order valence-corrected chi connectivity index (χ2v) is 13.7. The van der Waals surface area contributed by atoms with Crippen molar-refractivity contribution in [2.45, 2.75) is 76.5 Å². The molecule has 2 aliphatic rings. The molecule has 1 fully saturated rings. The molecule has 282 valence electrons. The molecule has 1 amide bonds. The number of amides is 1. The fourth-order valence-corrected chi connectivity index (χ4v) is 7.25. The van der Waals surface area contributed by atoms with Crippen LogP contribution in [0.3, 0.4) is 0 Å². The van der Waals surface area contributed by atoms with Gasteiger partial charge in [-0.15, -0.1) is 0 Å². The zero-order chi connectivity index (χ0) is 37.7. The number of alkyl halides is 3. The third-order valence-corrected chi connectivity index (χ3v) is 9.86. The number of aliphatic hydroxyl groups excluding tert-OH is 1. The minimum atomic E-state index is -4.68. The molecular weight excluding hydrogens is 711 g/mol. The van der Waals surface area contributed by atoms with E-state index in [9.17, 15) is 23.1 Å². The standard InChI is InChI=1S/C38H43ClF3N7O4/c1-21(50)17-43-19-23-16-29(38(40,41)42)35(49-37(23)53-3)47-30-9-5-6-25-26(30)7-4-8-27(25)34-33(39)28(14-15-45-34)31-12-10-22(36(48-31)52-2)18-44-20-24-11-13-32(51)46-24/h4,7-8,10,12,14-16,21,24,30,43-44,50H,5-6,9,11,13,17-20H2,1-3H3,(H,46,51)(H,47,49)/t21-,24+,30-/m0/s1. The summed E-state index contributed by atoms with van der Waals surface area (Å²) in [6.45, 7) is 2.96. The molecule has 0 radical (unpaired) electrons. The van der Waals surface area contributed by atoms with Gasteiger partial charge in [-0.3, -0.25) is 9.78 Å². The topological polar surface area (TPSA) is 143 Å². The van der Waals surface area contributed by atoms with Crippen LogP contribution in [0.25, 0.3) is 22.5 Å². The summed E-state index contributed by atoms with van der Waals surface area (Å²) < 4.78 is 54.3. The van der Waals surface area contributed by atoms with E-state index < -0.39 is 23.9 Å². The molecule has 0 unspecified atom stereocenters. The lowest BCUT2D eigenvalue weighted by molar-refractivity contribution is -0.137. The van der Waals surface area contributed by atoms with Gasteiger partial charge in [0.15, 0.2) is 0 Å². The number of carbonyl (C=O) groups is 1. The number of methoxy groups -OCH3 is 2. The van der Waals surface area contributed by atoms with Gasteiger partial charge in [-0.1, -0.05) is 35.9 Å². The maximum absolute atomic E-state index is 14.4. The van der Waals surface area contributed by atoms with Crippen molar-refractivity contribution < 1.29 is 32.5 Å². The number of rotatable bonds is 14. The Morgan fingerprint density at radius 3 is 2.49 bits per heavy atom. The zero-order valence-corrected chi connectivity index (χ0v) is 30.5. The molecule has 15 heteroatoms. The van der Waals surface area contributed by atoms with Gasteiger partial charge in [-0.25, -0.2) is 4.98 Å². The number of aromatic nitrogens is 3. The molecule has 3 aromatic heterocycles. The van der Waals surface area contributed by atoms with Crippen molar-refractivity contribution in [2.24, 2.45) is 0 Å². The average molecular weight is 754 g/mol. The van der Waals surface area contributed by atoms with E-state index in [4.69, 9.17) is 26.1 Å². The van der Waals surface area contributed by atoms with Gasteiger partial charge in [-0.05, 0) is 61.9 Å². The normalized spacial score (nSPS) is 17.6. The van der Waals surface area contributed by atoms with Crippen molar-refractivity contribution in [1.29, 1.82) is 0 Å². The highest BCUT2D eigenvalue weighted by molar-refractivity contribution is 6.35. The number of nitrogens with one attached hydrogen (secondary N) is 4. The summed E-state index contributed by atoms with van der Waals surface area (Å²) in [6, 6.07) is 11.9. The molecule has 11 nitrogen and oxygen atoms in total. The average Bonchev–Trinajstić information content (AvgIpc) is 3.56. The van der Waals surface area contributed by atoms with Gasteiger partial charge in [0, 0.05) is 67.1 Å². The quantitative estimate of drug-likeness (QED) is 0.101. The number of pyridine rings is 3. The van der Waals surface area contributed by atoms with Crippen molar-refractivity contribution in [1.82, 2.24) is 30.9 Å². The summed E-state index contributed by atoms with van der Waals surface area (Å²) in [4.78, 5) is 25.2. The highest BCUT2D eigenvalue weighted by atomic mass is 35.5. The van der Waals surface area contributed by atoms with Crippen LogP contribution in [-0.4, -0.2) is 65.4 Å². The molecular formula is C38H43ClF3N7O4. The molecule has 1 aliphatic carbocycles. The monoisotopic (exact) mass is 753 g/mol. The van der Waals surface area contributed by atoms with E-state index in [1.54, 1.807) is 26.3 Å². The van der Waals surface area contributed by atoms with Crippen LogP contribution in [0.5, 0.6) is 11.8 Å². The van der Waals surface area contributed by atoms with Gasteiger partial charge in [0.25, 0.3) is 0 Å². The van der Waals surface area contributed by atoms with Crippen LogP contribution in [0.4, 0.5) is 19.0 Å². The van der Waals surface area contributed by atoms with Crippen LogP contribution < -0.4 is 30.7 Å². The predicted molar refractivity (Wildman–Crippen MR) is 196 cm³/mol. The minimum absolute atomic E-state index is 0.0406. The first-order chi connectivity index (χ1) is 25.5. The number of benzene rings is 1. The number of ether oxygens (including phenoxy) is 2. The molecule has 0 spiro atoms. The molecule has 1 aromatic carbocycles. The van der Waals surface area contributed by atoms with Gasteiger partial charge in [-0.2, -0.15) is 18.2 Å². The van der Waals surface area contributed by atoms with Crippen LogP contribution in [0.2, 0.25) is 5.02 Å². The van der Waals surface area contributed by atoms with Crippen molar-refractivity contribution in [3.63, 3.8) is 0 Å². The smallest absolute Gasteiger partial charge is 0.419 e. The third kappa shape index (κ3) is 8.84. The number of aliphatic hydroxyl groups is 1. The van der Waals surface area contributed by atoms with E-state index in [1.165, 1.54) is 7.11 Å². The van der Waals surface area contributed by atoms with Gasteiger partial charge in [0.05, 0.1) is 48.3 Å². The summed E-state index contributed by atoms with van der Waals surface area (Å²) in [5, 5.41) is 22.3. The van der Waals surface area contributed by atoms with Gasteiger partial charge < -0.3 is 35.8 Å². The van der Waals surface area contributed by atoms with E-state index in [0.29, 0.717) is 66.6 Å². The molecule has 4 aromatic rings. The summed E-state index contributed by atoms with van der Waals surface area (Å²) in [7, 11) is 2.92. The molecule has 53 heavy (non-hydrogen) atoms. The number of hydrogen-bond acceptors (Lipinski definition) is 10. The highest BCUT2D eigenvalue weighted by Gasteiger charge is 2.37. The fourth-order valence-electron chi connectivity index (χ4n) is 6.94. The first-order valence-electron chi connectivity index (χ1n) is 17.6. The fraction of sp³-hybridized carbons (Fsp3) is 0.421. The van der Waals surface area contributed by atoms with Crippen LogP contribution in [0.1, 0.15) is 66.5 Å². The first-order valence-corrected chi connectivity index (χ1v) is 18.0. The number of anilines is 1. The Morgan fingerprint density at radius 2 is 1.77 bits per heavy atom. The maximum atomic E-state index is 14.4. The molecule has 4 heterocycles. The zero-order valence-electron chi connectivity index (χ0n) is 29.7. The van der Waals surface area contributed by atoms with Crippen molar-refractivity contribution in [3.05, 3.63) is 81.5 Å². The van der Waals surface area contributed by atoms with Crippen LogP contribution in [0.15, 0.2) is 48.7 Å². The maximum Gasteiger partial charge on any atom is 0.419 e. The van der Waals surface area contributed by atoms with Crippen LogP contribution in [-0.2, 0) is 30.5 Å². The molecule has 3 atom stereocenters. The molecule has 0 saturated carbocycles. The Bertz CT molecular complexity index is 1940. The van der Waals surface area contributed by atoms with Crippen molar-refractivity contribution in [3.8, 4) is 34.3 Å². The summed E-state index contributed by atoms with van der Waals surface area (Å²) in [6.07, 6.45) is -0.373. The third-order valence-electron chi connectivity index (χ3n) is 9.48. The Balaban J connectivity index is 1.27. The van der Waals surface area contributed by atoms with Gasteiger partial charge in [0.2, 0.25) is 17.7 Å². The lowest BCUT2D eigenvalue weighted by Crippen LogP contribution is -2.35. The number of carbonyl (C=O) groups excluding carboxylic acids is 1. The number of hydrogen-bond donors (Lipinski definition) is 5. The lowest BCUT2D eigenvalue weighted by Gasteiger charge is -2.30. The molecule has 0 bridgehead atoms. The largest absolute Gasteiger partial charge is 0.481 e. The predicted octanol–water partition coefficient (Wildman–Crippen LogP) is 6.22. The molecule has 1 saturated heterocycles. The summed E-state index contributed by atoms with van der Waals surface area (Å²) in [5.74, 6) is 0.252. The van der Waals surface area contributed by atoms with E-state index in [1.807, 2.05) is 30.3 Å². The summed E-state index contributed by atoms with van der Waals surface area (Å²) in [5.41, 5.74) is 4.52. The number of halogens is 4. The minimum Gasteiger partial charge on any atom is -0.481 e. The molecule has 1 aliphatic heterocycles. The Labute approximate surface area is 311 Å². The Hall–Kier alpha value is -4.50. The number of fused-ring (bicyclic) bond motifs is 1. The van der Waals surface area contributed by atoms with E-state index in [0.717, 1.165) is 34.7 Å². The molecule has 6 rings (SSSR count). The Morgan fingerprint density at radius 1 is 1.00 bits per heavy atom. The molecule has 5 N–H and O–H groups in total. The lowest BCUT2D eigenvalue weighted by atomic mass is 9.83. The second kappa shape index (κ2) is 16.7. The highest BCUT2D eigenvalue weighted by Crippen LogP contribution is 2.43. The van der Waals surface area contributed by atoms with E-state index in [2.05, 4.69) is 31.2 Å². The summed E-state index contributed by atoms with van der Waals surface area (Å²) >= 11 is 7.09. The van der Waals surface area contributed by atoms with Gasteiger partial charge >= 0.3 is 6.18 Å². The van der Waals surface area contributed by atoms with Crippen molar-refractivity contribution in [2.75, 3.05) is 32.6 Å². The number of nitrogens with zero attached hydrogens (tertiary/aromatic N) is 3. The van der Waals surface area contributed by atoms with Crippen LogP contribution >= 0.6 is 11.6 Å².